The van der Waals surface area contributed by atoms with Gasteiger partial charge in [0.25, 0.3) is 5.91 Å². The lowest BCUT2D eigenvalue weighted by Crippen LogP contribution is -2.30. The highest BCUT2D eigenvalue weighted by Gasteiger charge is 2.21. The monoisotopic (exact) mass is 347 g/mol. The molecule has 0 fully saturated rings. The fraction of sp³-hybridized carbons (Fsp3) is 0.263. The van der Waals surface area contributed by atoms with Crippen molar-refractivity contribution in [1.29, 1.82) is 0 Å². The molecule has 2 aromatic carbocycles. The summed E-state index contributed by atoms with van der Waals surface area (Å²) in [5, 5.41) is 2.21. The molecule has 132 valence electrons. The van der Waals surface area contributed by atoms with E-state index in [0.717, 1.165) is 23.8 Å². The van der Waals surface area contributed by atoms with Crippen molar-refractivity contribution in [2.75, 3.05) is 5.32 Å². The first-order valence-corrected chi connectivity index (χ1v) is 7.87. The van der Waals surface area contributed by atoms with Gasteiger partial charge in [-0.1, -0.05) is 37.3 Å². The van der Waals surface area contributed by atoms with Crippen LogP contribution in [0.3, 0.4) is 0 Å². The van der Waals surface area contributed by atoms with Gasteiger partial charge in [-0.05, 0) is 30.5 Å². The van der Waals surface area contributed by atoms with Crippen LogP contribution in [-0.4, -0.2) is 18.0 Å². The third-order valence-electron chi connectivity index (χ3n) is 3.71. The van der Waals surface area contributed by atoms with Crippen molar-refractivity contribution >= 4 is 17.6 Å². The first-order valence-electron chi connectivity index (χ1n) is 7.87. The van der Waals surface area contributed by atoms with E-state index in [4.69, 9.17) is 4.74 Å². The van der Waals surface area contributed by atoms with Crippen LogP contribution in [0.15, 0.2) is 48.5 Å². The molecule has 4 nitrogen and oxygen atoms in total. The number of carbonyl (C=O) groups is 2. The number of ether oxygens (including phenoxy) is 1. The molecule has 25 heavy (non-hydrogen) atoms. The minimum Gasteiger partial charge on any atom is -0.453 e. The molecule has 6 heteroatoms. The largest absolute Gasteiger partial charge is 0.453 e. The van der Waals surface area contributed by atoms with Crippen molar-refractivity contribution in [1.82, 2.24) is 0 Å². The van der Waals surface area contributed by atoms with Crippen molar-refractivity contribution < 1.29 is 23.1 Å². The molecule has 0 spiro atoms. The number of halogens is 2. The van der Waals surface area contributed by atoms with Crippen molar-refractivity contribution in [3.63, 3.8) is 0 Å². The Kier molecular flexibility index (Phi) is 6.22. The molecule has 0 heterocycles. The molecule has 0 aromatic heterocycles. The quantitative estimate of drug-likeness (QED) is 0.803. The van der Waals surface area contributed by atoms with E-state index in [1.54, 1.807) is 0 Å². The second-order valence-corrected chi connectivity index (χ2v) is 5.76. The van der Waals surface area contributed by atoms with Gasteiger partial charge in [0.2, 0.25) is 0 Å². The predicted octanol–water partition coefficient (Wildman–Crippen LogP) is 4.03. The Morgan fingerprint density at radius 3 is 2.44 bits per heavy atom. The molecule has 0 saturated heterocycles. The maximum absolute atomic E-state index is 13.5. The second-order valence-electron chi connectivity index (χ2n) is 5.76. The third-order valence-corrected chi connectivity index (χ3v) is 3.71. The Labute approximate surface area is 144 Å². The highest BCUT2D eigenvalue weighted by Crippen LogP contribution is 2.20. The van der Waals surface area contributed by atoms with Gasteiger partial charge in [-0.3, -0.25) is 9.59 Å². The Bertz CT molecular complexity index is 750. The summed E-state index contributed by atoms with van der Waals surface area (Å²) in [6.07, 6.45) is -1.02. The first-order chi connectivity index (χ1) is 11.9. The number of esters is 1. The van der Waals surface area contributed by atoms with Gasteiger partial charge in [-0.25, -0.2) is 8.78 Å². The van der Waals surface area contributed by atoms with Crippen LogP contribution in [0, 0.1) is 11.6 Å². The summed E-state index contributed by atoms with van der Waals surface area (Å²) in [7, 11) is 0. The number of amides is 1. The Balaban J connectivity index is 1.90. The van der Waals surface area contributed by atoms with E-state index in [-0.39, 0.29) is 18.0 Å². The van der Waals surface area contributed by atoms with Crippen molar-refractivity contribution in [2.45, 2.75) is 32.3 Å². The van der Waals surface area contributed by atoms with Crippen molar-refractivity contribution in [3.8, 4) is 0 Å². The number of benzene rings is 2. The molecule has 0 bridgehead atoms. The van der Waals surface area contributed by atoms with E-state index in [9.17, 15) is 18.4 Å². The van der Waals surface area contributed by atoms with Crippen LogP contribution >= 0.6 is 0 Å². The van der Waals surface area contributed by atoms with Gasteiger partial charge in [-0.15, -0.1) is 0 Å². The summed E-state index contributed by atoms with van der Waals surface area (Å²) in [6.45, 7) is 3.25. The predicted molar refractivity (Wildman–Crippen MR) is 90.0 cm³/mol. The number of rotatable bonds is 6. The van der Waals surface area contributed by atoms with E-state index in [1.807, 2.05) is 37.3 Å². The van der Waals surface area contributed by atoms with Gasteiger partial charge in [0.05, 0.1) is 12.1 Å². The summed E-state index contributed by atoms with van der Waals surface area (Å²) in [6, 6.07) is 12.2. The smallest absolute Gasteiger partial charge is 0.307 e. The highest BCUT2D eigenvalue weighted by atomic mass is 19.1. The zero-order valence-corrected chi connectivity index (χ0v) is 14.0. The topological polar surface area (TPSA) is 55.4 Å². The Hall–Kier alpha value is -2.76. The number of carbonyl (C=O) groups excluding carboxylic acids is 2. The normalized spacial score (nSPS) is 13.0. The lowest BCUT2D eigenvalue weighted by atomic mass is 9.98. The summed E-state index contributed by atoms with van der Waals surface area (Å²) in [5.74, 6) is -2.79. The fourth-order valence-corrected chi connectivity index (χ4v) is 2.28. The molecule has 0 unspecified atom stereocenters. The minimum atomic E-state index is -1.13. The maximum Gasteiger partial charge on any atom is 0.307 e. The third kappa shape index (κ3) is 5.38. The van der Waals surface area contributed by atoms with Crippen LogP contribution in [0.5, 0.6) is 0 Å². The fourth-order valence-electron chi connectivity index (χ4n) is 2.28. The van der Waals surface area contributed by atoms with E-state index in [2.05, 4.69) is 5.32 Å². The molecule has 0 radical (unpaired) electrons. The molecule has 0 aliphatic heterocycles. The molecule has 0 aliphatic carbocycles. The SMILES string of the molecule is C[C@H](CC(=O)O[C@H](C)C(=O)Nc1cc(F)ccc1F)c1ccccc1. The van der Waals surface area contributed by atoms with Gasteiger partial charge in [-0.2, -0.15) is 0 Å². The van der Waals surface area contributed by atoms with Crippen LogP contribution in [0.2, 0.25) is 0 Å². The maximum atomic E-state index is 13.5. The molecule has 1 amide bonds. The number of anilines is 1. The summed E-state index contributed by atoms with van der Waals surface area (Å²) < 4.78 is 31.7. The molecule has 2 rings (SSSR count). The molecule has 0 aliphatic rings. The average molecular weight is 347 g/mol. The Morgan fingerprint density at radius 2 is 1.76 bits per heavy atom. The molecule has 0 saturated carbocycles. The van der Waals surface area contributed by atoms with Gasteiger partial charge in [0.15, 0.2) is 6.10 Å². The Morgan fingerprint density at radius 1 is 1.08 bits per heavy atom. The van der Waals surface area contributed by atoms with Gasteiger partial charge < -0.3 is 10.1 Å². The zero-order valence-electron chi connectivity index (χ0n) is 14.0. The summed E-state index contributed by atoms with van der Waals surface area (Å²) >= 11 is 0. The van der Waals surface area contributed by atoms with Crippen LogP contribution in [0.1, 0.15) is 31.7 Å². The minimum absolute atomic E-state index is 0.0652. The van der Waals surface area contributed by atoms with Crippen LogP contribution in [0.25, 0.3) is 0 Å². The van der Waals surface area contributed by atoms with Crippen LogP contribution in [0.4, 0.5) is 14.5 Å². The van der Waals surface area contributed by atoms with E-state index < -0.39 is 29.6 Å². The average Bonchev–Trinajstić information content (AvgIpc) is 2.58. The zero-order chi connectivity index (χ0) is 18.4. The second kappa shape index (κ2) is 8.37. The molecular weight excluding hydrogens is 328 g/mol. The molecule has 2 aromatic rings. The molecular formula is C19H19F2NO3. The highest BCUT2D eigenvalue weighted by molar-refractivity contribution is 5.95. The van der Waals surface area contributed by atoms with Crippen molar-refractivity contribution in [2.24, 2.45) is 0 Å². The van der Waals surface area contributed by atoms with Gasteiger partial charge in [0.1, 0.15) is 11.6 Å². The number of hydrogen-bond acceptors (Lipinski definition) is 3. The number of hydrogen-bond donors (Lipinski definition) is 1. The van der Waals surface area contributed by atoms with E-state index in [1.165, 1.54) is 6.92 Å². The summed E-state index contributed by atoms with van der Waals surface area (Å²) in [4.78, 5) is 24.0. The lowest BCUT2D eigenvalue weighted by Gasteiger charge is -2.16. The lowest BCUT2D eigenvalue weighted by molar-refractivity contribution is -0.153. The number of nitrogens with one attached hydrogen (secondary N) is 1. The van der Waals surface area contributed by atoms with Crippen LogP contribution in [-0.2, 0) is 14.3 Å². The van der Waals surface area contributed by atoms with E-state index in [0.29, 0.717) is 0 Å². The standard InChI is InChI=1S/C19H19F2NO3/c1-12(14-6-4-3-5-7-14)10-18(23)25-13(2)19(24)22-17-11-15(20)8-9-16(17)21/h3-9,11-13H,10H2,1-2H3,(H,22,24)/t12-,13-/m1/s1. The van der Waals surface area contributed by atoms with E-state index >= 15 is 0 Å². The summed E-state index contributed by atoms with van der Waals surface area (Å²) in [5.41, 5.74) is 0.684. The van der Waals surface area contributed by atoms with Gasteiger partial charge in [0, 0.05) is 6.07 Å². The van der Waals surface area contributed by atoms with Crippen LogP contribution < -0.4 is 5.32 Å². The molecule has 1 N–H and O–H groups in total. The first kappa shape index (κ1) is 18.6. The van der Waals surface area contributed by atoms with Gasteiger partial charge >= 0.3 is 5.97 Å². The van der Waals surface area contributed by atoms with Crippen molar-refractivity contribution in [3.05, 3.63) is 65.7 Å². The molecule has 2 atom stereocenters.